The van der Waals surface area contributed by atoms with Crippen LogP contribution < -0.4 is 5.43 Å². The Kier molecular flexibility index (Phi) is 4.96. The molecule has 1 atom stereocenters. The number of rotatable bonds is 0. The second-order valence-corrected chi connectivity index (χ2v) is 6.19. The summed E-state index contributed by atoms with van der Waals surface area (Å²) in [5, 5.41) is 9.04. The summed E-state index contributed by atoms with van der Waals surface area (Å²) in [7, 11) is 0. The molecule has 0 aliphatic carbocycles. The minimum Gasteiger partial charge on any atom is -0.313 e. The predicted octanol–water partition coefficient (Wildman–Crippen LogP) is 2.89. The number of hydrazine groups is 1. The highest BCUT2D eigenvalue weighted by Crippen LogP contribution is 2.23. The molecule has 4 aliphatic heterocycles. The number of allylic oxidation sites excluding steroid dienone is 1. The van der Waals surface area contributed by atoms with Crippen molar-refractivity contribution in [3.05, 3.63) is 11.8 Å². The van der Waals surface area contributed by atoms with Gasteiger partial charge in [-0.05, 0) is 57.8 Å². The van der Waals surface area contributed by atoms with E-state index in [1.807, 2.05) is 0 Å². The standard InChI is InChI=1S/C9H16N2.C7H12N2/c1-3-7-10-11-8-4-2-6-9(11)5-1;1-3-7-4-2-6-9(7)8-5-1/h7,9H,1-6,8H2;3,8H,1-2,4-6H2. The molecule has 4 aliphatic rings. The molecule has 2 saturated heterocycles. The molecule has 0 aromatic heterocycles. The number of hydrogen-bond donors (Lipinski definition) is 1. The molecule has 0 saturated carbocycles. The van der Waals surface area contributed by atoms with E-state index < -0.39 is 0 Å². The molecular weight excluding hydrogens is 248 g/mol. The van der Waals surface area contributed by atoms with Crippen LogP contribution in [0.2, 0.25) is 0 Å². The van der Waals surface area contributed by atoms with Crippen molar-refractivity contribution in [1.29, 1.82) is 0 Å². The van der Waals surface area contributed by atoms with Crippen molar-refractivity contribution < 1.29 is 0 Å². The van der Waals surface area contributed by atoms with Crippen molar-refractivity contribution >= 4 is 6.21 Å². The Balaban J connectivity index is 0.000000123. The lowest BCUT2D eigenvalue weighted by Crippen LogP contribution is -2.37. The van der Waals surface area contributed by atoms with Gasteiger partial charge in [0.05, 0.1) is 0 Å². The van der Waals surface area contributed by atoms with Crippen LogP contribution in [-0.4, -0.2) is 41.9 Å². The molecule has 4 nitrogen and oxygen atoms in total. The first-order valence-electron chi connectivity index (χ1n) is 8.42. The van der Waals surface area contributed by atoms with Crippen LogP contribution in [0.1, 0.15) is 57.8 Å². The van der Waals surface area contributed by atoms with Crippen LogP contribution in [0.5, 0.6) is 0 Å². The van der Waals surface area contributed by atoms with Crippen LogP contribution in [0.3, 0.4) is 0 Å². The lowest BCUT2D eigenvalue weighted by Gasteiger charge is -2.32. The first kappa shape index (κ1) is 13.9. The van der Waals surface area contributed by atoms with Crippen LogP contribution in [0.4, 0.5) is 0 Å². The van der Waals surface area contributed by atoms with Crippen LogP contribution in [0.25, 0.3) is 0 Å². The molecule has 0 aromatic carbocycles. The Labute approximate surface area is 122 Å². The van der Waals surface area contributed by atoms with Gasteiger partial charge in [0.25, 0.3) is 0 Å². The molecule has 2 fully saturated rings. The summed E-state index contributed by atoms with van der Waals surface area (Å²) >= 11 is 0. The van der Waals surface area contributed by atoms with Crippen LogP contribution >= 0.6 is 0 Å². The maximum Gasteiger partial charge on any atom is 0.0470 e. The molecule has 4 heteroatoms. The fourth-order valence-corrected chi connectivity index (χ4v) is 3.57. The van der Waals surface area contributed by atoms with Crippen molar-refractivity contribution in [2.75, 3.05) is 19.6 Å². The molecule has 20 heavy (non-hydrogen) atoms. The van der Waals surface area contributed by atoms with Gasteiger partial charge >= 0.3 is 0 Å². The van der Waals surface area contributed by atoms with Gasteiger partial charge in [0.2, 0.25) is 0 Å². The van der Waals surface area contributed by atoms with Gasteiger partial charge in [-0.2, -0.15) is 5.10 Å². The van der Waals surface area contributed by atoms with E-state index in [1.54, 1.807) is 0 Å². The van der Waals surface area contributed by atoms with Gasteiger partial charge in [0.15, 0.2) is 0 Å². The minimum atomic E-state index is 0.780. The average Bonchev–Trinajstić information content (AvgIpc) is 2.85. The monoisotopic (exact) mass is 276 g/mol. The fourth-order valence-electron chi connectivity index (χ4n) is 3.57. The Morgan fingerprint density at radius 1 is 1.05 bits per heavy atom. The molecule has 1 unspecified atom stereocenters. The first-order valence-corrected chi connectivity index (χ1v) is 8.42. The fraction of sp³-hybridized carbons (Fsp3) is 0.812. The van der Waals surface area contributed by atoms with E-state index in [4.69, 9.17) is 0 Å². The Bertz CT molecular complexity index is 363. The van der Waals surface area contributed by atoms with Crippen molar-refractivity contribution in [2.45, 2.75) is 63.8 Å². The van der Waals surface area contributed by atoms with Crippen LogP contribution in [0, 0.1) is 0 Å². The molecule has 1 N–H and O–H groups in total. The minimum absolute atomic E-state index is 0.780. The smallest absolute Gasteiger partial charge is 0.0470 e. The highest BCUT2D eigenvalue weighted by molar-refractivity contribution is 5.56. The lowest BCUT2D eigenvalue weighted by atomic mass is 10.00. The highest BCUT2D eigenvalue weighted by atomic mass is 15.5. The molecule has 0 amide bonds. The number of hydrazone groups is 1. The van der Waals surface area contributed by atoms with E-state index in [9.17, 15) is 0 Å². The van der Waals surface area contributed by atoms with Crippen molar-refractivity contribution in [1.82, 2.24) is 15.4 Å². The largest absolute Gasteiger partial charge is 0.313 e. The summed E-state index contributed by atoms with van der Waals surface area (Å²) in [5.41, 5.74) is 4.86. The Morgan fingerprint density at radius 3 is 2.95 bits per heavy atom. The van der Waals surface area contributed by atoms with E-state index in [0.717, 1.165) is 12.6 Å². The molecule has 0 bridgehead atoms. The predicted molar refractivity (Wildman–Crippen MR) is 83.3 cm³/mol. The quantitative estimate of drug-likeness (QED) is 0.738. The zero-order valence-corrected chi connectivity index (χ0v) is 12.6. The summed E-state index contributed by atoms with van der Waals surface area (Å²) in [6.45, 7) is 3.54. The second kappa shape index (κ2) is 7.11. The highest BCUT2D eigenvalue weighted by Gasteiger charge is 2.21. The second-order valence-electron chi connectivity index (χ2n) is 6.19. The summed E-state index contributed by atoms with van der Waals surface area (Å²) in [5.74, 6) is 0. The molecule has 0 spiro atoms. The molecule has 4 heterocycles. The Hall–Kier alpha value is -1.03. The third-order valence-corrected chi connectivity index (χ3v) is 4.68. The van der Waals surface area contributed by atoms with E-state index in [1.165, 1.54) is 76.6 Å². The normalized spacial score (nSPS) is 28.8. The van der Waals surface area contributed by atoms with Gasteiger partial charge in [0, 0.05) is 37.6 Å². The van der Waals surface area contributed by atoms with Crippen LogP contribution in [0.15, 0.2) is 16.9 Å². The van der Waals surface area contributed by atoms with Crippen molar-refractivity contribution in [3.8, 4) is 0 Å². The number of nitrogens with one attached hydrogen (secondary N) is 1. The molecule has 4 rings (SSSR count). The van der Waals surface area contributed by atoms with Gasteiger partial charge in [-0.1, -0.05) is 6.08 Å². The molecular formula is C16H28N4. The van der Waals surface area contributed by atoms with Gasteiger partial charge in [-0.25, -0.2) is 5.43 Å². The number of hydrogen-bond acceptors (Lipinski definition) is 4. The zero-order chi connectivity index (χ0) is 13.6. The summed E-state index contributed by atoms with van der Waals surface area (Å²) in [6.07, 6.45) is 16.3. The van der Waals surface area contributed by atoms with E-state index in [-0.39, 0.29) is 0 Å². The zero-order valence-electron chi connectivity index (χ0n) is 12.6. The van der Waals surface area contributed by atoms with E-state index >= 15 is 0 Å². The van der Waals surface area contributed by atoms with Gasteiger partial charge in [-0.15, -0.1) is 0 Å². The summed E-state index contributed by atoms with van der Waals surface area (Å²) in [6, 6.07) is 0.780. The van der Waals surface area contributed by atoms with Crippen molar-refractivity contribution in [3.63, 3.8) is 0 Å². The summed E-state index contributed by atoms with van der Waals surface area (Å²) in [4.78, 5) is 0. The van der Waals surface area contributed by atoms with Gasteiger partial charge < -0.3 is 5.01 Å². The average molecular weight is 276 g/mol. The summed E-state index contributed by atoms with van der Waals surface area (Å²) < 4.78 is 0. The lowest BCUT2D eigenvalue weighted by molar-refractivity contribution is 0.150. The SMILES string of the molecule is C1=C2CCCN2NCC1.C1=NN2CCCCC2CCC1. The van der Waals surface area contributed by atoms with E-state index in [2.05, 4.69) is 32.8 Å². The number of nitrogens with zero attached hydrogens (tertiary/aromatic N) is 3. The van der Waals surface area contributed by atoms with Crippen LogP contribution in [-0.2, 0) is 0 Å². The molecule has 112 valence electrons. The number of piperidine rings is 1. The maximum absolute atomic E-state index is 4.45. The maximum atomic E-state index is 4.45. The third-order valence-electron chi connectivity index (χ3n) is 4.68. The third kappa shape index (κ3) is 3.54. The van der Waals surface area contributed by atoms with E-state index in [0.29, 0.717) is 0 Å². The van der Waals surface area contributed by atoms with Gasteiger partial charge in [0.1, 0.15) is 0 Å². The molecule has 0 radical (unpaired) electrons. The number of fused-ring (bicyclic) bond motifs is 2. The first-order chi connectivity index (χ1) is 9.93. The topological polar surface area (TPSA) is 30.9 Å². The molecule has 0 aromatic rings. The Morgan fingerprint density at radius 2 is 2.00 bits per heavy atom. The van der Waals surface area contributed by atoms with Crippen molar-refractivity contribution in [2.24, 2.45) is 5.10 Å². The van der Waals surface area contributed by atoms with Gasteiger partial charge in [-0.3, -0.25) is 5.01 Å².